The molecule has 3 heterocycles. The Hall–Kier alpha value is -8.38. The Kier molecular flexibility index (Phi) is 7.82. The summed E-state index contributed by atoms with van der Waals surface area (Å²) in [6.45, 7) is 0. The maximum atomic E-state index is 6.51. The van der Waals surface area contributed by atoms with E-state index in [1.165, 1.54) is 74.7 Å². The van der Waals surface area contributed by atoms with E-state index >= 15 is 0 Å². The van der Waals surface area contributed by atoms with Gasteiger partial charge in [-0.2, -0.15) is 0 Å². The van der Waals surface area contributed by atoms with Crippen LogP contribution < -0.4 is 19.3 Å². The lowest BCUT2D eigenvalue weighted by Gasteiger charge is -2.33. The minimum atomic E-state index is 0.829. The first-order chi connectivity index (χ1) is 32.2. The monoisotopic (exact) mass is 848 g/mol. The van der Waals surface area contributed by atoms with Crippen LogP contribution in [0.15, 0.2) is 218 Å². The molecule has 1 aromatic heterocycles. The number of hydrogen-bond acceptors (Lipinski definition) is 5. The Bertz CT molecular complexity index is 3850. The van der Waals surface area contributed by atoms with Gasteiger partial charge in [0.05, 0.1) is 22.7 Å². The van der Waals surface area contributed by atoms with Gasteiger partial charge < -0.3 is 19.3 Å². The van der Waals surface area contributed by atoms with Crippen molar-refractivity contribution in [1.29, 1.82) is 0 Å². The van der Waals surface area contributed by atoms with E-state index < -0.39 is 0 Å². The van der Waals surface area contributed by atoms with Crippen molar-refractivity contribution >= 4 is 98.0 Å². The number of hydrogen-bond donors (Lipinski definition) is 0. The van der Waals surface area contributed by atoms with Gasteiger partial charge in [-0.25, -0.2) is 0 Å². The van der Waals surface area contributed by atoms with Gasteiger partial charge in [0.2, 0.25) is 0 Å². The van der Waals surface area contributed by atoms with E-state index in [4.69, 9.17) is 9.47 Å². The third-order valence-corrected chi connectivity index (χ3v) is 14.3. The highest BCUT2D eigenvalue weighted by Crippen LogP contribution is 2.55. The van der Waals surface area contributed by atoms with Crippen molar-refractivity contribution in [2.24, 2.45) is 0 Å². The summed E-state index contributed by atoms with van der Waals surface area (Å²) in [5.41, 5.74) is 10.9. The quantitative estimate of drug-likeness (QED) is 0.165. The lowest BCUT2D eigenvalue weighted by atomic mass is 9.84. The van der Waals surface area contributed by atoms with E-state index in [1.54, 1.807) is 0 Å². The normalized spacial score (nSPS) is 12.8. The van der Waals surface area contributed by atoms with Crippen molar-refractivity contribution in [3.05, 3.63) is 218 Å². The maximum absolute atomic E-state index is 6.51. The minimum absolute atomic E-state index is 0.829. The Morgan fingerprint density at radius 1 is 0.308 bits per heavy atom. The number of para-hydroxylation sites is 8. The van der Waals surface area contributed by atoms with Gasteiger partial charge in [0.25, 0.3) is 0 Å². The highest BCUT2D eigenvalue weighted by atomic mass is 32.1. The topological polar surface area (TPSA) is 24.9 Å². The summed E-state index contributed by atoms with van der Waals surface area (Å²) in [4.78, 5) is 4.70. The average molecular weight is 849 g/mol. The van der Waals surface area contributed by atoms with Gasteiger partial charge in [0, 0.05) is 31.5 Å². The van der Waals surface area contributed by atoms with E-state index in [2.05, 4.69) is 204 Å². The third-order valence-electron chi connectivity index (χ3n) is 13.2. The Balaban J connectivity index is 1.12. The molecule has 0 unspecified atom stereocenters. The molecule has 0 saturated heterocycles. The first kappa shape index (κ1) is 36.1. The molecule has 0 fully saturated rings. The molecule has 0 radical (unpaired) electrons. The van der Waals surface area contributed by atoms with Gasteiger partial charge in [-0.05, 0) is 146 Å². The van der Waals surface area contributed by atoms with Crippen molar-refractivity contribution in [3.63, 3.8) is 0 Å². The molecule has 65 heavy (non-hydrogen) atoms. The summed E-state index contributed by atoms with van der Waals surface area (Å²) >= 11 is 1.85. The molecule has 0 N–H and O–H groups in total. The molecule has 0 spiro atoms. The third kappa shape index (κ3) is 5.49. The Labute approximate surface area is 379 Å². The number of anilines is 6. The molecule has 2 aliphatic rings. The van der Waals surface area contributed by atoms with E-state index in [0.717, 1.165) is 57.1 Å². The first-order valence-electron chi connectivity index (χ1n) is 22.0. The van der Waals surface area contributed by atoms with Gasteiger partial charge in [0.15, 0.2) is 23.0 Å². The second-order valence-corrected chi connectivity index (χ2v) is 17.9. The van der Waals surface area contributed by atoms with Crippen molar-refractivity contribution in [1.82, 2.24) is 0 Å². The van der Waals surface area contributed by atoms with Crippen LogP contribution in [0.25, 0.3) is 74.7 Å². The summed E-state index contributed by atoms with van der Waals surface area (Å²) in [6.07, 6.45) is 0. The SMILES string of the molecule is c1ccc2c(c1)Oc1ccccc1N2c1ccc2c(-c3cccc4ccccc34)c3cc(N4c5ccccc5Oc5ccccc54)ccc3c(-c3ccc4sc5ccccc5c4c3)c2c1. The van der Waals surface area contributed by atoms with Crippen LogP contribution in [-0.4, -0.2) is 0 Å². The van der Waals surface area contributed by atoms with Gasteiger partial charge >= 0.3 is 0 Å². The van der Waals surface area contributed by atoms with Crippen LogP contribution in [0.2, 0.25) is 0 Å². The Morgan fingerprint density at radius 2 is 0.785 bits per heavy atom. The summed E-state index contributed by atoms with van der Waals surface area (Å²) in [7, 11) is 0. The smallest absolute Gasteiger partial charge is 0.151 e. The maximum Gasteiger partial charge on any atom is 0.151 e. The number of fused-ring (bicyclic) bond motifs is 10. The number of nitrogens with zero attached hydrogens (tertiary/aromatic N) is 2. The van der Waals surface area contributed by atoms with Crippen molar-refractivity contribution in [2.75, 3.05) is 9.80 Å². The second kappa shape index (κ2) is 14.1. The first-order valence-corrected chi connectivity index (χ1v) is 22.8. The fourth-order valence-electron chi connectivity index (χ4n) is 10.4. The highest BCUT2D eigenvalue weighted by Gasteiger charge is 2.29. The fraction of sp³-hybridized carbons (Fsp3) is 0. The van der Waals surface area contributed by atoms with E-state index in [-0.39, 0.29) is 0 Å². The van der Waals surface area contributed by atoms with E-state index in [9.17, 15) is 0 Å². The van der Waals surface area contributed by atoms with Crippen LogP contribution in [0.5, 0.6) is 23.0 Å². The van der Waals surface area contributed by atoms with Gasteiger partial charge in [-0.15, -0.1) is 11.3 Å². The average Bonchev–Trinajstić information content (AvgIpc) is 3.74. The van der Waals surface area contributed by atoms with Crippen molar-refractivity contribution in [3.8, 4) is 45.3 Å². The molecule has 0 bridgehead atoms. The Morgan fingerprint density at radius 3 is 1.40 bits per heavy atom. The van der Waals surface area contributed by atoms with Gasteiger partial charge in [0.1, 0.15) is 0 Å². The number of rotatable bonds is 4. The fourth-order valence-corrected chi connectivity index (χ4v) is 11.5. The molecule has 304 valence electrons. The van der Waals surface area contributed by atoms with Crippen LogP contribution in [0, 0.1) is 0 Å². The van der Waals surface area contributed by atoms with Crippen LogP contribution in [-0.2, 0) is 0 Å². The molecular weight excluding hydrogens is 813 g/mol. The minimum Gasteiger partial charge on any atom is -0.453 e. The molecule has 0 amide bonds. The van der Waals surface area contributed by atoms with Crippen molar-refractivity contribution < 1.29 is 9.47 Å². The standard InChI is InChI=1S/C60H36N2O2S/c1-2-16-41-37(14-1)15-13-18-43(41)60-45-32-30-39(61-49-19-4-8-23-53(49)63-54-24-9-5-20-50(54)61)35-47(45)59(38-28-33-58-46(34-38)42-17-3-12-27-57(42)65-58)44-31-29-40(36-48(44)60)62-51-21-6-10-25-55(51)64-56-26-11-7-22-52(56)62/h1-36H. The summed E-state index contributed by atoms with van der Waals surface area (Å²) < 4.78 is 15.6. The highest BCUT2D eigenvalue weighted by molar-refractivity contribution is 7.25. The predicted octanol–water partition coefficient (Wildman–Crippen LogP) is 18.0. The van der Waals surface area contributed by atoms with Crippen LogP contribution in [0.4, 0.5) is 34.1 Å². The van der Waals surface area contributed by atoms with Crippen LogP contribution >= 0.6 is 11.3 Å². The molecular formula is C60H36N2O2S. The van der Waals surface area contributed by atoms with Gasteiger partial charge in [-0.1, -0.05) is 127 Å². The lowest BCUT2D eigenvalue weighted by molar-refractivity contribution is 0.477. The summed E-state index contributed by atoms with van der Waals surface area (Å²) in [5.74, 6) is 3.31. The largest absolute Gasteiger partial charge is 0.453 e. The van der Waals surface area contributed by atoms with Crippen molar-refractivity contribution in [2.45, 2.75) is 0 Å². The number of ether oxygens (including phenoxy) is 2. The molecule has 4 nitrogen and oxygen atoms in total. The van der Waals surface area contributed by atoms with Crippen LogP contribution in [0.1, 0.15) is 0 Å². The molecule has 11 aromatic carbocycles. The van der Waals surface area contributed by atoms with E-state index in [1.807, 2.05) is 35.6 Å². The zero-order valence-electron chi connectivity index (χ0n) is 34.9. The molecule has 14 rings (SSSR count). The molecule has 0 atom stereocenters. The zero-order chi connectivity index (χ0) is 42.6. The van der Waals surface area contributed by atoms with Crippen LogP contribution in [0.3, 0.4) is 0 Å². The molecule has 0 aliphatic carbocycles. The summed E-state index contributed by atoms with van der Waals surface area (Å²) in [5, 5.41) is 9.67. The number of thiophene rings is 1. The predicted molar refractivity (Wildman–Crippen MR) is 272 cm³/mol. The van der Waals surface area contributed by atoms with E-state index in [0.29, 0.717) is 0 Å². The zero-order valence-corrected chi connectivity index (χ0v) is 35.7. The second-order valence-electron chi connectivity index (χ2n) is 16.8. The molecule has 2 aliphatic heterocycles. The van der Waals surface area contributed by atoms with Gasteiger partial charge in [-0.3, -0.25) is 0 Å². The lowest BCUT2D eigenvalue weighted by Crippen LogP contribution is -2.16. The molecule has 0 saturated carbocycles. The molecule has 5 heteroatoms. The number of benzene rings is 11. The molecule has 12 aromatic rings. The summed E-state index contributed by atoms with van der Waals surface area (Å²) in [6, 6.07) is 78.8.